The summed E-state index contributed by atoms with van der Waals surface area (Å²) in [5, 5.41) is 3.53. The average molecular weight is 246 g/mol. The lowest BCUT2D eigenvalue weighted by molar-refractivity contribution is 0.240. The molecule has 2 rings (SSSR count). The molecule has 0 amide bonds. The first-order chi connectivity index (χ1) is 8.69. The molecule has 0 aliphatic carbocycles. The van der Waals surface area contributed by atoms with Gasteiger partial charge in [0.2, 0.25) is 0 Å². The van der Waals surface area contributed by atoms with Gasteiger partial charge in [0, 0.05) is 31.9 Å². The number of nitrogens with one attached hydrogen (secondary N) is 1. The van der Waals surface area contributed by atoms with Crippen molar-refractivity contribution in [2.45, 2.75) is 32.7 Å². The molecule has 0 unspecified atom stereocenters. The first-order valence-corrected chi connectivity index (χ1v) is 6.59. The van der Waals surface area contributed by atoms with Gasteiger partial charge in [0.15, 0.2) is 0 Å². The Kier molecular flexibility index (Phi) is 4.31. The van der Waals surface area contributed by atoms with Crippen LogP contribution in [0, 0.1) is 13.8 Å². The van der Waals surface area contributed by atoms with Crippen molar-refractivity contribution in [3.8, 4) is 0 Å². The van der Waals surface area contributed by atoms with Gasteiger partial charge < -0.3 is 5.32 Å². The van der Waals surface area contributed by atoms with Crippen LogP contribution in [0.3, 0.4) is 0 Å². The maximum absolute atomic E-state index is 4.52. The Morgan fingerprint density at radius 2 is 2.17 bits per heavy atom. The van der Waals surface area contributed by atoms with Crippen LogP contribution in [0.1, 0.15) is 24.2 Å². The van der Waals surface area contributed by atoms with Crippen LogP contribution in [-0.4, -0.2) is 40.5 Å². The summed E-state index contributed by atoms with van der Waals surface area (Å²) in [6.45, 7) is 11.0. The minimum absolute atomic E-state index is 0.515. The molecular weight excluding hydrogens is 224 g/mol. The summed E-state index contributed by atoms with van der Waals surface area (Å²) in [5.74, 6) is 0.942. The molecule has 0 atom stereocenters. The highest BCUT2D eigenvalue weighted by atomic mass is 15.1. The van der Waals surface area contributed by atoms with E-state index in [0.717, 1.165) is 49.7 Å². The second kappa shape index (κ2) is 5.96. The summed E-state index contributed by atoms with van der Waals surface area (Å²) in [6.07, 6.45) is 6.10. The van der Waals surface area contributed by atoms with Crippen LogP contribution in [0.5, 0.6) is 0 Å². The SMILES string of the molecule is C=CCN1CCC(Nc2nc(C)cnc2C)CC1. The molecule has 0 aromatic carbocycles. The number of nitrogens with zero attached hydrogens (tertiary/aromatic N) is 3. The van der Waals surface area contributed by atoms with Crippen LogP contribution in [-0.2, 0) is 0 Å². The van der Waals surface area contributed by atoms with E-state index in [1.165, 1.54) is 0 Å². The van der Waals surface area contributed by atoms with Crippen molar-refractivity contribution in [2.24, 2.45) is 0 Å². The fraction of sp³-hybridized carbons (Fsp3) is 0.571. The lowest BCUT2D eigenvalue weighted by Gasteiger charge is -2.32. The van der Waals surface area contributed by atoms with Gasteiger partial charge in [-0.05, 0) is 26.7 Å². The van der Waals surface area contributed by atoms with Gasteiger partial charge in [-0.2, -0.15) is 0 Å². The quantitative estimate of drug-likeness (QED) is 0.827. The largest absolute Gasteiger partial charge is 0.366 e. The van der Waals surface area contributed by atoms with E-state index < -0.39 is 0 Å². The number of rotatable bonds is 4. The molecule has 1 N–H and O–H groups in total. The first-order valence-electron chi connectivity index (χ1n) is 6.59. The van der Waals surface area contributed by atoms with Crippen molar-refractivity contribution in [2.75, 3.05) is 25.0 Å². The van der Waals surface area contributed by atoms with Gasteiger partial charge in [0.05, 0.1) is 11.4 Å². The van der Waals surface area contributed by atoms with Crippen molar-refractivity contribution in [3.63, 3.8) is 0 Å². The standard InChI is InChI=1S/C14H22N4/c1-4-7-18-8-5-13(6-9-18)17-14-12(3)15-10-11(2)16-14/h4,10,13H,1,5-9H2,2-3H3,(H,16,17). The van der Waals surface area contributed by atoms with Gasteiger partial charge in [-0.15, -0.1) is 6.58 Å². The molecule has 18 heavy (non-hydrogen) atoms. The molecule has 98 valence electrons. The molecule has 1 aliphatic rings. The van der Waals surface area contributed by atoms with E-state index in [4.69, 9.17) is 0 Å². The molecule has 0 bridgehead atoms. The van der Waals surface area contributed by atoms with Gasteiger partial charge in [-0.1, -0.05) is 6.08 Å². The van der Waals surface area contributed by atoms with Crippen LogP contribution >= 0.6 is 0 Å². The van der Waals surface area contributed by atoms with Gasteiger partial charge in [0.25, 0.3) is 0 Å². The normalized spacial score (nSPS) is 17.7. The molecule has 1 aliphatic heterocycles. The summed E-state index contributed by atoms with van der Waals surface area (Å²) >= 11 is 0. The minimum Gasteiger partial charge on any atom is -0.366 e. The zero-order valence-electron chi connectivity index (χ0n) is 11.3. The molecule has 0 saturated carbocycles. The van der Waals surface area contributed by atoms with Crippen molar-refractivity contribution < 1.29 is 0 Å². The van der Waals surface area contributed by atoms with E-state index in [0.29, 0.717) is 6.04 Å². The highest BCUT2D eigenvalue weighted by Gasteiger charge is 2.19. The zero-order valence-corrected chi connectivity index (χ0v) is 11.3. The molecule has 1 aromatic rings. The average Bonchev–Trinajstić information content (AvgIpc) is 2.37. The minimum atomic E-state index is 0.515. The number of likely N-dealkylation sites (tertiary alicyclic amines) is 1. The van der Waals surface area contributed by atoms with Crippen LogP contribution in [0.4, 0.5) is 5.82 Å². The third kappa shape index (κ3) is 3.29. The van der Waals surface area contributed by atoms with Crippen molar-refractivity contribution in [1.29, 1.82) is 0 Å². The van der Waals surface area contributed by atoms with Crippen molar-refractivity contribution in [1.82, 2.24) is 14.9 Å². The lowest BCUT2D eigenvalue weighted by Crippen LogP contribution is -2.39. The van der Waals surface area contributed by atoms with Crippen molar-refractivity contribution >= 4 is 5.82 Å². The Bertz CT molecular complexity index is 408. The van der Waals surface area contributed by atoms with E-state index in [9.17, 15) is 0 Å². The maximum Gasteiger partial charge on any atom is 0.147 e. The molecule has 1 fully saturated rings. The molecule has 1 aromatic heterocycles. The Morgan fingerprint density at radius 1 is 1.44 bits per heavy atom. The van der Waals surface area contributed by atoms with Gasteiger partial charge >= 0.3 is 0 Å². The molecule has 4 nitrogen and oxygen atoms in total. The third-order valence-corrected chi connectivity index (χ3v) is 3.39. The Hall–Kier alpha value is -1.42. The number of aryl methyl sites for hydroxylation is 2. The monoisotopic (exact) mass is 246 g/mol. The van der Waals surface area contributed by atoms with E-state index in [1.54, 1.807) is 0 Å². The second-order valence-corrected chi connectivity index (χ2v) is 4.95. The third-order valence-electron chi connectivity index (χ3n) is 3.39. The highest BCUT2D eigenvalue weighted by Crippen LogP contribution is 2.17. The molecule has 1 saturated heterocycles. The van der Waals surface area contributed by atoms with Crippen LogP contribution in [0.15, 0.2) is 18.9 Å². The first kappa shape index (κ1) is 13.0. The molecule has 0 radical (unpaired) electrons. The van der Waals surface area contributed by atoms with Crippen molar-refractivity contribution in [3.05, 3.63) is 30.2 Å². The Morgan fingerprint density at radius 3 is 2.83 bits per heavy atom. The molecule has 4 heteroatoms. The Labute approximate surface area is 109 Å². The zero-order chi connectivity index (χ0) is 13.0. The van der Waals surface area contributed by atoms with E-state index in [-0.39, 0.29) is 0 Å². The number of hydrogen-bond donors (Lipinski definition) is 1. The number of anilines is 1. The second-order valence-electron chi connectivity index (χ2n) is 4.95. The maximum atomic E-state index is 4.52. The van der Waals surface area contributed by atoms with Gasteiger partial charge in [-0.3, -0.25) is 9.88 Å². The smallest absolute Gasteiger partial charge is 0.147 e. The van der Waals surface area contributed by atoms with Crippen LogP contribution in [0.25, 0.3) is 0 Å². The van der Waals surface area contributed by atoms with Crippen LogP contribution < -0.4 is 5.32 Å². The summed E-state index contributed by atoms with van der Waals surface area (Å²) in [5.41, 5.74) is 1.95. The summed E-state index contributed by atoms with van der Waals surface area (Å²) in [7, 11) is 0. The molecular formula is C14H22N4. The van der Waals surface area contributed by atoms with E-state index in [2.05, 4.69) is 26.8 Å². The summed E-state index contributed by atoms with van der Waals surface area (Å²) < 4.78 is 0. The predicted molar refractivity (Wildman–Crippen MR) is 74.8 cm³/mol. The van der Waals surface area contributed by atoms with Gasteiger partial charge in [0.1, 0.15) is 5.82 Å². The van der Waals surface area contributed by atoms with Gasteiger partial charge in [-0.25, -0.2) is 4.98 Å². The predicted octanol–water partition coefficient (Wildman–Crippen LogP) is 2.16. The summed E-state index contributed by atoms with van der Waals surface area (Å²) in [4.78, 5) is 11.3. The fourth-order valence-corrected chi connectivity index (χ4v) is 2.31. The number of piperidine rings is 1. The van der Waals surface area contributed by atoms with E-state index >= 15 is 0 Å². The summed E-state index contributed by atoms with van der Waals surface area (Å²) in [6, 6.07) is 0.515. The highest BCUT2D eigenvalue weighted by molar-refractivity contribution is 5.40. The molecule has 2 heterocycles. The lowest BCUT2D eigenvalue weighted by atomic mass is 10.1. The number of aromatic nitrogens is 2. The fourth-order valence-electron chi connectivity index (χ4n) is 2.31. The van der Waals surface area contributed by atoms with E-state index in [1.807, 2.05) is 26.1 Å². The Balaban J connectivity index is 1.91. The topological polar surface area (TPSA) is 41.0 Å². The van der Waals surface area contributed by atoms with Crippen LogP contribution in [0.2, 0.25) is 0 Å². The molecule has 0 spiro atoms. The number of hydrogen-bond acceptors (Lipinski definition) is 4.